The van der Waals surface area contributed by atoms with Crippen LogP contribution in [0.4, 0.5) is 5.69 Å². The Bertz CT molecular complexity index is 1690. The molecule has 2 amide bonds. The number of ether oxygens (including phenoxy) is 1. The number of fused-ring (bicyclic) bond motifs is 1. The standard InChI is InChI=1S/C36H40N4O3/c1-8-26(6)43-33(23(2)3)12-10-18-40(7)36(42)27-13-15-29(16-14-27)38-35(41)31-21-32(28-11-9-17-37-22-28)39-34-25(5)19-24(4)20-30(31)34/h8-9,11,13-17,19-22H,10,12,18H2,1-7H3,(H,38,41)/b26-8-. The molecule has 222 valence electrons. The maximum Gasteiger partial charge on any atom is 0.256 e. The van der Waals surface area contributed by atoms with E-state index < -0.39 is 0 Å². The summed E-state index contributed by atoms with van der Waals surface area (Å²) in [4.78, 5) is 37.5. The molecule has 0 aliphatic heterocycles. The Hall–Kier alpha value is -4.78. The lowest BCUT2D eigenvalue weighted by Crippen LogP contribution is -2.27. The molecule has 7 nitrogen and oxygen atoms in total. The second kappa shape index (κ2) is 13.9. The number of amides is 2. The Labute approximate surface area is 254 Å². The van der Waals surface area contributed by atoms with Crippen LogP contribution < -0.4 is 5.32 Å². The average molecular weight is 577 g/mol. The molecule has 0 spiro atoms. The fourth-order valence-corrected chi connectivity index (χ4v) is 4.88. The van der Waals surface area contributed by atoms with Gasteiger partial charge in [0.15, 0.2) is 0 Å². The molecule has 0 radical (unpaired) electrons. The van der Waals surface area contributed by atoms with Crippen molar-refractivity contribution in [2.75, 3.05) is 18.9 Å². The second-order valence-corrected chi connectivity index (χ2v) is 11.1. The van der Waals surface area contributed by atoms with Crippen LogP contribution in [0.1, 0.15) is 72.4 Å². The van der Waals surface area contributed by atoms with E-state index in [1.54, 1.807) is 48.6 Å². The van der Waals surface area contributed by atoms with Gasteiger partial charge in [-0.25, -0.2) is 4.98 Å². The first-order chi connectivity index (χ1) is 20.6. The number of benzene rings is 2. The van der Waals surface area contributed by atoms with Gasteiger partial charge in [-0.3, -0.25) is 14.6 Å². The minimum Gasteiger partial charge on any atom is -0.467 e. The molecular weight excluding hydrogens is 536 g/mol. The number of nitrogens with zero attached hydrogens (tertiary/aromatic N) is 3. The van der Waals surface area contributed by atoms with Gasteiger partial charge in [-0.05, 0) is 114 Å². The normalized spacial score (nSPS) is 11.3. The average Bonchev–Trinajstić information content (AvgIpc) is 3.00. The van der Waals surface area contributed by atoms with Gasteiger partial charge in [-0.15, -0.1) is 0 Å². The molecule has 4 aromatic rings. The van der Waals surface area contributed by atoms with E-state index >= 15 is 0 Å². The van der Waals surface area contributed by atoms with Gasteiger partial charge in [0, 0.05) is 54.6 Å². The van der Waals surface area contributed by atoms with Gasteiger partial charge in [0.1, 0.15) is 5.76 Å². The van der Waals surface area contributed by atoms with Gasteiger partial charge in [-0.1, -0.05) is 11.6 Å². The number of pyridine rings is 2. The van der Waals surface area contributed by atoms with Gasteiger partial charge in [0.2, 0.25) is 0 Å². The van der Waals surface area contributed by atoms with Crippen molar-refractivity contribution in [3.8, 4) is 11.3 Å². The third-order valence-corrected chi connectivity index (χ3v) is 7.33. The predicted octanol–water partition coefficient (Wildman–Crippen LogP) is 8.25. The van der Waals surface area contributed by atoms with Crippen LogP contribution in [0.2, 0.25) is 0 Å². The van der Waals surface area contributed by atoms with Crippen molar-refractivity contribution in [1.29, 1.82) is 0 Å². The Morgan fingerprint density at radius 2 is 1.77 bits per heavy atom. The fraction of sp³-hybridized carbons (Fsp3) is 0.278. The van der Waals surface area contributed by atoms with Crippen molar-refractivity contribution in [3.05, 3.63) is 112 Å². The van der Waals surface area contributed by atoms with Gasteiger partial charge >= 0.3 is 0 Å². The van der Waals surface area contributed by atoms with Gasteiger partial charge in [0.05, 0.1) is 22.5 Å². The van der Waals surface area contributed by atoms with E-state index in [1.165, 1.54) is 0 Å². The lowest BCUT2D eigenvalue weighted by Gasteiger charge is -2.19. The highest BCUT2D eigenvalue weighted by atomic mass is 16.5. The van der Waals surface area contributed by atoms with Gasteiger partial charge < -0.3 is 15.0 Å². The third-order valence-electron chi connectivity index (χ3n) is 7.33. The number of aryl methyl sites for hydroxylation is 2. The molecule has 0 atom stereocenters. The van der Waals surface area contributed by atoms with E-state index in [9.17, 15) is 9.59 Å². The Morgan fingerprint density at radius 3 is 2.42 bits per heavy atom. The van der Waals surface area contributed by atoms with Crippen LogP contribution >= 0.6 is 0 Å². The van der Waals surface area contributed by atoms with Crippen molar-refractivity contribution in [2.24, 2.45) is 0 Å². The molecule has 4 rings (SSSR count). The maximum absolute atomic E-state index is 13.6. The van der Waals surface area contributed by atoms with E-state index in [2.05, 4.69) is 16.4 Å². The number of nitrogens with one attached hydrogen (secondary N) is 1. The van der Waals surface area contributed by atoms with Crippen LogP contribution in [0.5, 0.6) is 0 Å². The zero-order valence-electron chi connectivity index (χ0n) is 26.1. The van der Waals surface area contributed by atoms with Crippen molar-refractivity contribution >= 4 is 28.4 Å². The SMILES string of the molecule is C/C=C(/C)OC(CCCN(C)C(=O)c1ccc(NC(=O)c2cc(-c3cccnc3)nc3c(C)cc(C)cc23)cc1)=C(C)C. The topological polar surface area (TPSA) is 84.4 Å². The fourth-order valence-electron chi connectivity index (χ4n) is 4.88. The monoisotopic (exact) mass is 576 g/mol. The summed E-state index contributed by atoms with van der Waals surface area (Å²) >= 11 is 0. The maximum atomic E-state index is 13.6. The molecule has 2 heterocycles. The molecule has 0 fully saturated rings. The lowest BCUT2D eigenvalue weighted by molar-refractivity contribution is 0.0791. The number of carbonyl (C=O) groups is 2. The van der Waals surface area contributed by atoms with E-state index in [0.717, 1.165) is 57.5 Å². The number of hydrogen-bond donors (Lipinski definition) is 1. The molecule has 0 unspecified atom stereocenters. The van der Waals surface area contributed by atoms with Crippen molar-refractivity contribution < 1.29 is 14.3 Å². The summed E-state index contributed by atoms with van der Waals surface area (Å²) in [6.45, 7) is 12.6. The summed E-state index contributed by atoms with van der Waals surface area (Å²) in [6.07, 6.45) is 6.92. The molecule has 2 aromatic carbocycles. The zero-order valence-corrected chi connectivity index (χ0v) is 26.1. The first-order valence-corrected chi connectivity index (χ1v) is 14.5. The largest absolute Gasteiger partial charge is 0.467 e. The van der Waals surface area contributed by atoms with Crippen LogP contribution in [0.25, 0.3) is 22.2 Å². The van der Waals surface area contributed by atoms with E-state index in [0.29, 0.717) is 29.1 Å². The summed E-state index contributed by atoms with van der Waals surface area (Å²) < 4.78 is 5.93. The highest BCUT2D eigenvalue weighted by Gasteiger charge is 2.17. The third kappa shape index (κ3) is 7.74. The number of allylic oxidation sites excluding steroid dienone is 4. The predicted molar refractivity (Wildman–Crippen MR) is 174 cm³/mol. The minimum atomic E-state index is -0.246. The number of carbonyl (C=O) groups excluding carboxylic acids is 2. The van der Waals surface area contributed by atoms with Crippen LogP contribution in [-0.4, -0.2) is 40.3 Å². The molecule has 0 aliphatic carbocycles. The molecule has 2 aromatic heterocycles. The number of hydrogen-bond acceptors (Lipinski definition) is 5. The van der Waals surface area contributed by atoms with Crippen LogP contribution in [0.15, 0.2) is 90.2 Å². The summed E-state index contributed by atoms with van der Waals surface area (Å²) in [5.41, 5.74) is 7.17. The first-order valence-electron chi connectivity index (χ1n) is 14.5. The van der Waals surface area contributed by atoms with Crippen LogP contribution in [0.3, 0.4) is 0 Å². The Kier molecular flexibility index (Phi) is 10.1. The Morgan fingerprint density at radius 1 is 1.02 bits per heavy atom. The molecular formula is C36H40N4O3. The lowest BCUT2D eigenvalue weighted by atomic mass is 9.99. The molecule has 0 saturated carbocycles. The van der Waals surface area contributed by atoms with Crippen molar-refractivity contribution in [3.63, 3.8) is 0 Å². The smallest absolute Gasteiger partial charge is 0.256 e. The minimum absolute atomic E-state index is 0.0747. The van der Waals surface area contributed by atoms with Crippen molar-refractivity contribution in [2.45, 2.75) is 54.4 Å². The number of anilines is 1. The summed E-state index contributed by atoms with van der Waals surface area (Å²) in [5, 5.41) is 3.80. The van der Waals surface area contributed by atoms with E-state index in [1.807, 2.05) is 71.9 Å². The molecule has 43 heavy (non-hydrogen) atoms. The molecule has 0 saturated heterocycles. The summed E-state index contributed by atoms with van der Waals surface area (Å²) in [7, 11) is 1.80. The van der Waals surface area contributed by atoms with Crippen molar-refractivity contribution in [1.82, 2.24) is 14.9 Å². The van der Waals surface area contributed by atoms with E-state index in [-0.39, 0.29) is 11.8 Å². The quantitative estimate of drug-likeness (QED) is 0.192. The van der Waals surface area contributed by atoms with E-state index in [4.69, 9.17) is 9.72 Å². The molecule has 1 N–H and O–H groups in total. The number of aromatic nitrogens is 2. The highest BCUT2D eigenvalue weighted by Crippen LogP contribution is 2.28. The summed E-state index contributed by atoms with van der Waals surface area (Å²) in [6, 6.07) is 16.7. The zero-order chi connectivity index (χ0) is 31.1. The molecule has 0 aliphatic rings. The molecule has 0 bridgehead atoms. The molecule has 7 heteroatoms. The summed E-state index contributed by atoms with van der Waals surface area (Å²) in [5.74, 6) is 1.49. The van der Waals surface area contributed by atoms with Crippen LogP contribution in [-0.2, 0) is 4.74 Å². The van der Waals surface area contributed by atoms with Gasteiger partial charge in [-0.2, -0.15) is 0 Å². The second-order valence-electron chi connectivity index (χ2n) is 11.1. The van der Waals surface area contributed by atoms with Gasteiger partial charge in [0.25, 0.3) is 11.8 Å². The van der Waals surface area contributed by atoms with Crippen LogP contribution in [0, 0.1) is 13.8 Å². The first kappa shape index (κ1) is 31.2. The highest BCUT2D eigenvalue weighted by molar-refractivity contribution is 6.13. The number of rotatable bonds is 10. The Balaban J connectivity index is 1.47.